The number of nitrogens with zero attached hydrogens (tertiary/aromatic N) is 5. The predicted molar refractivity (Wildman–Crippen MR) is 96.2 cm³/mol. The van der Waals surface area contributed by atoms with Gasteiger partial charge in [-0.1, -0.05) is 11.8 Å². The summed E-state index contributed by atoms with van der Waals surface area (Å²) in [6, 6.07) is 1.93. The van der Waals surface area contributed by atoms with Crippen molar-refractivity contribution in [3.8, 4) is 5.95 Å². The Bertz CT molecular complexity index is 711. The van der Waals surface area contributed by atoms with Crippen LogP contribution in [0.15, 0.2) is 11.2 Å². The van der Waals surface area contributed by atoms with Crippen LogP contribution >= 0.6 is 11.8 Å². The summed E-state index contributed by atoms with van der Waals surface area (Å²) >= 11 is 1.23. The summed E-state index contributed by atoms with van der Waals surface area (Å²) in [7, 11) is 0. The molecule has 0 aromatic carbocycles. The van der Waals surface area contributed by atoms with Crippen molar-refractivity contribution < 1.29 is 9.53 Å². The molecule has 0 unspecified atom stereocenters. The van der Waals surface area contributed by atoms with E-state index < -0.39 is 0 Å². The zero-order valence-corrected chi connectivity index (χ0v) is 15.8. The van der Waals surface area contributed by atoms with Gasteiger partial charge in [0.05, 0.1) is 17.6 Å². The molecule has 138 valence electrons. The zero-order chi connectivity index (χ0) is 18.4. The summed E-state index contributed by atoms with van der Waals surface area (Å²) in [5, 5.41) is 15.7. The van der Waals surface area contributed by atoms with Crippen LogP contribution < -0.4 is 11.2 Å². The molecular weight excluding hydrogens is 342 g/mol. The van der Waals surface area contributed by atoms with Crippen LogP contribution in [-0.4, -0.2) is 55.6 Å². The summed E-state index contributed by atoms with van der Waals surface area (Å²) in [5.74, 6) is 6.59. The Morgan fingerprint density at radius 1 is 1.40 bits per heavy atom. The molecule has 2 heterocycles. The molecule has 0 bridgehead atoms. The highest BCUT2D eigenvalue weighted by Gasteiger charge is 2.15. The van der Waals surface area contributed by atoms with Gasteiger partial charge in [0, 0.05) is 18.8 Å². The number of ether oxygens (including phenoxy) is 1. The second kappa shape index (κ2) is 8.86. The number of rotatable bonds is 9. The largest absolute Gasteiger partial charge is 0.379 e. The molecule has 0 aliphatic carbocycles. The third kappa shape index (κ3) is 5.46. The SMILES string of the molecule is Cc1cc(C)n(-c2nnc(SCC(=O)NCCCOC(C)C)n2N)n1. The van der Waals surface area contributed by atoms with Crippen molar-refractivity contribution in [2.75, 3.05) is 24.7 Å². The van der Waals surface area contributed by atoms with Crippen LogP contribution in [0.2, 0.25) is 0 Å². The van der Waals surface area contributed by atoms with E-state index in [4.69, 9.17) is 10.6 Å². The van der Waals surface area contributed by atoms with Gasteiger partial charge >= 0.3 is 0 Å². The third-order valence-electron chi connectivity index (χ3n) is 3.27. The topological polar surface area (TPSA) is 113 Å². The molecule has 10 heteroatoms. The van der Waals surface area contributed by atoms with Crippen LogP contribution in [-0.2, 0) is 9.53 Å². The monoisotopic (exact) mass is 367 g/mol. The molecule has 2 aromatic rings. The number of nitrogen functional groups attached to an aromatic ring is 1. The van der Waals surface area contributed by atoms with Crippen LogP contribution in [0, 0.1) is 13.8 Å². The Morgan fingerprint density at radius 2 is 2.16 bits per heavy atom. The number of nitrogens with one attached hydrogen (secondary N) is 1. The van der Waals surface area contributed by atoms with Gasteiger partial charge in [-0.05, 0) is 40.2 Å². The predicted octanol–water partition coefficient (Wildman–Crippen LogP) is 0.818. The summed E-state index contributed by atoms with van der Waals surface area (Å²) in [6.07, 6.45) is 0.988. The van der Waals surface area contributed by atoms with Gasteiger partial charge in [0.1, 0.15) is 0 Å². The molecule has 0 spiro atoms. The maximum Gasteiger partial charge on any atom is 0.271 e. The van der Waals surface area contributed by atoms with Crippen LogP contribution in [0.5, 0.6) is 0 Å². The molecule has 0 aliphatic heterocycles. The first-order chi connectivity index (χ1) is 11.9. The molecule has 2 aromatic heterocycles. The second-order valence-electron chi connectivity index (χ2n) is 5.90. The number of hydrogen-bond acceptors (Lipinski definition) is 7. The fourth-order valence-corrected chi connectivity index (χ4v) is 2.83. The first-order valence-corrected chi connectivity index (χ1v) is 9.12. The van der Waals surface area contributed by atoms with E-state index in [-0.39, 0.29) is 17.8 Å². The van der Waals surface area contributed by atoms with Crippen LogP contribution in [0.3, 0.4) is 0 Å². The lowest BCUT2D eigenvalue weighted by molar-refractivity contribution is -0.118. The van der Waals surface area contributed by atoms with Gasteiger partial charge in [-0.25, -0.2) is 9.36 Å². The van der Waals surface area contributed by atoms with Crippen molar-refractivity contribution in [1.29, 1.82) is 0 Å². The van der Waals surface area contributed by atoms with E-state index in [0.717, 1.165) is 17.8 Å². The standard InChI is InChI=1S/C15H25N7O2S/c1-10(2)24-7-5-6-17-13(23)9-25-15-19-18-14(21(15)16)22-12(4)8-11(3)20-22/h8,10H,5-7,9,16H2,1-4H3,(H,17,23). The van der Waals surface area contributed by atoms with E-state index >= 15 is 0 Å². The zero-order valence-electron chi connectivity index (χ0n) is 15.0. The minimum atomic E-state index is -0.0785. The lowest BCUT2D eigenvalue weighted by Gasteiger charge is -2.08. The van der Waals surface area contributed by atoms with E-state index in [1.54, 1.807) is 4.68 Å². The lowest BCUT2D eigenvalue weighted by atomic mass is 10.4. The molecular formula is C15H25N7O2S. The molecule has 0 saturated heterocycles. The quantitative estimate of drug-likeness (QED) is 0.383. The van der Waals surface area contributed by atoms with Gasteiger partial charge in [-0.2, -0.15) is 5.10 Å². The highest BCUT2D eigenvalue weighted by Crippen LogP contribution is 2.17. The van der Waals surface area contributed by atoms with Crippen molar-refractivity contribution in [2.24, 2.45) is 0 Å². The summed E-state index contributed by atoms with van der Waals surface area (Å²) in [4.78, 5) is 11.9. The van der Waals surface area contributed by atoms with Crippen molar-refractivity contribution >= 4 is 17.7 Å². The highest BCUT2D eigenvalue weighted by molar-refractivity contribution is 7.99. The second-order valence-corrected chi connectivity index (χ2v) is 6.85. The normalized spacial score (nSPS) is 11.2. The molecule has 0 saturated carbocycles. The molecule has 0 atom stereocenters. The summed E-state index contributed by atoms with van der Waals surface area (Å²) in [5.41, 5.74) is 1.78. The highest BCUT2D eigenvalue weighted by atomic mass is 32.2. The first kappa shape index (κ1) is 19.3. The third-order valence-corrected chi connectivity index (χ3v) is 4.22. The molecule has 2 rings (SSSR count). The van der Waals surface area contributed by atoms with Gasteiger partial charge in [0.25, 0.3) is 5.95 Å². The average Bonchev–Trinajstić information content (AvgIpc) is 3.06. The van der Waals surface area contributed by atoms with E-state index in [2.05, 4.69) is 20.6 Å². The number of thioether (sulfide) groups is 1. The number of hydrogen-bond donors (Lipinski definition) is 2. The van der Waals surface area contributed by atoms with E-state index in [9.17, 15) is 4.79 Å². The number of nitrogens with two attached hydrogens (primary N) is 1. The van der Waals surface area contributed by atoms with Gasteiger partial charge in [-0.3, -0.25) is 4.79 Å². The fourth-order valence-electron chi connectivity index (χ4n) is 2.14. The molecule has 1 amide bonds. The number of carbonyl (C=O) groups excluding carboxylic acids is 1. The number of aromatic nitrogens is 5. The Kier molecular flexibility index (Phi) is 6.82. The lowest BCUT2D eigenvalue weighted by Crippen LogP contribution is -2.27. The number of aryl methyl sites for hydroxylation is 2. The van der Waals surface area contributed by atoms with Gasteiger partial charge in [-0.15, -0.1) is 10.2 Å². The van der Waals surface area contributed by atoms with Crippen LogP contribution in [0.4, 0.5) is 0 Å². The van der Waals surface area contributed by atoms with E-state index in [1.807, 2.05) is 33.8 Å². The van der Waals surface area contributed by atoms with Gasteiger partial charge in [0.2, 0.25) is 11.1 Å². The van der Waals surface area contributed by atoms with Crippen LogP contribution in [0.25, 0.3) is 5.95 Å². The molecule has 0 fully saturated rings. The Balaban J connectivity index is 1.82. The molecule has 0 radical (unpaired) electrons. The maximum atomic E-state index is 11.9. The molecule has 0 aliphatic rings. The van der Waals surface area contributed by atoms with Crippen LogP contribution in [0.1, 0.15) is 31.7 Å². The van der Waals surface area contributed by atoms with Crippen molar-refractivity contribution in [3.05, 3.63) is 17.5 Å². The Labute approximate surface area is 151 Å². The van der Waals surface area contributed by atoms with Crippen molar-refractivity contribution in [1.82, 2.24) is 30.0 Å². The summed E-state index contributed by atoms with van der Waals surface area (Å²) < 4.78 is 8.39. The molecule has 25 heavy (non-hydrogen) atoms. The van der Waals surface area contributed by atoms with Gasteiger partial charge in [0.15, 0.2) is 0 Å². The summed E-state index contributed by atoms with van der Waals surface area (Å²) in [6.45, 7) is 8.99. The van der Waals surface area contributed by atoms with Gasteiger partial charge < -0.3 is 15.9 Å². The minimum absolute atomic E-state index is 0.0785. The Hall–Kier alpha value is -2.07. The average molecular weight is 367 g/mol. The number of carbonyl (C=O) groups is 1. The maximum absolute atomic E-state index is 11.9. The molecule has 3 N–H and O–H groups in total. The minimum Gasteiger partial charge on any atom is -0.379 e. The molecule has 9 nitrogen and oxygen atoms in total. The van der Waals surface area contributed by atoms with Crippen molar-refractivity contribution in [2.45, 2.75) is 45.4 Å². The number of amides is 1. The smallest absolute Gasteiger partial charge is 0.271 e. The first-order valence-electron chi connectivity index (χ1n) is 8.13. The Morgan fingerprint density at radius 3 is 2.80 bits per heavy atom. The fraction of sp³-hybridized carbons (Fsp3) is 0.600. The van der Waals surface area contributed by atoms with E-state index in [1.165, 1.54) is 16.4 Å². The van der Waals surface area contributed by atoms with Crippen molar-refractivity contribution in [3.63, 3.8) is 0 Å². The van der Waals surface area contributed by atoms with E-state index in [0.29, 0.717) is 24.3 Å².